The molecular weight excluding hydrogens is 178 g/mol. The van der Waals surface area contributed by atoms with Crippen molar-refractivity contribution in [3.05, 3.63) is 29.8 Å². The Hall–Kier alpha value is -1.06. The Morgan fingerprint density at radius 1 is 1.29 bits per heavy atom. The summed E-state index contributed by atoms with van der Waals surface area (Å²) in [6.07, 6.45) is 1.97. The molecule has 0 radical (unpaired) electrons. The molecule has 1 aromatic rings. The minimum atomic E-state index is -0.615. The SMILES string of the molecule is NC1CC(O)(Cc2ccc(O)cc2)C1. The molecule has 1 aliphatic rings. The summed E-state index contributed by atoms with van der Waals surface area (Å²) in [5, 5.41) is 19.0. The molecule has 0 unspecified atom stereocenters. The Bertz CT molecular complexity index is 315. The van der Waals surface area contributed by atoms with E-state index in [1.54, 1.807) is 12.1 Å². The Morgan fingerprint density at radius 3 is 2.36 bits per heavy atom. The average molecular weight is 193 g/mol. The van der Waals surface area contributed by atoms with E-state index in [9.17, 15) is 5.11 Å². The van der Waals surface area contributed by atoms with E-state index in [0.29, 0.717) is 19.3 Å². The average Bonchev–Trinajstić information content (AvgIpc) is 2.07. The molecule has 1 fully saturated rings. The van der Waals surface area contributed by atoms with Gasteiger partial charge in [-0.1, -0.05) is 12.1 Å². The van der Waals surface area contributed by atoms with Crippen molar-refractivity contribution in [3.8, 4) is 5.75 Å². The molecule has 14 heavy (non-hydrogen) atoms. The van der Waals surface area contributed by atoms with Crippen molar-refractivity contribution >= 4 is 0 Å². The summed E-state index contributed by atoms with van der Waals surface area (Å²) in [4.78, 5) is 0. The van der Waals surface area contributed by atoms with Crippen molar-refractivity contribution in [3.63, 3.8) is 0 Å². The molecule has 0 atom stereocenters. The molecule has 0 aliphatic heterocycles. The van der Waals surface area contributed by atoms with Gasteiger partial charge in [0.15, 0.2) is 0 Å². The largest absolute Gasteiger partial charge is 0.508 e. The second-order valence-corrected chi connectivity index (χ2v) is 4.24. The fourth-order valence-corrected chi connectivity index (χ4v) is 2.05. The van der Waals surface area contributed by atoms with Crippen LogP contribution in [-0.4, -0.2) is 21.9 Å². The third kappa shape index (κ3) is 1.89. The van der Waals surface area contributed by atoms with Crippen molar-refractivity contribution in [2.45, 2.75) is 30.9 Å². The Balaban J connectivity index is 2.01. The summed E-state index contributed by atoms with van der Waals surface area (Å²) in [6, 6.07) is 7.08. The monoisotopic (exact) mass is 193 g/mol. The summed E-state index contributed by atoms with van der Waals surface area (Å²) in [5.74, 6) is 0.256. The van der Waals surface area contributed by atoms with Gasteiger partial charge in [-0.15, -0.1) is 0 Å². The maximum Gasteiger partial charge on any atom is 0.115 e. The van der Waals surface area contributed by atoms with Crippen LogP contribution in [0.5, 0.6) is 5.75 Å². The molecule has 3 heteroatoms. The van der Waals surface area contributed by atoms with Crippen LogP contribution in [0.1, 0.15) is 18.4 Å². The van der Waals surface area contributed by atoms with Crippen LogP contribution >= 0.6 is 0 Å². The van der Waals surface area contributed by atoms with Gasteiger partial charge >= 0.3 is 0 Å². The molecule has 4 N–H and O–H groups in total. The number of nitrogens with two attached hydrogens (primary N) is 1. The lowest BCUT2D eigenvalue weighted by Gasteiger charge is -2.41. The van der Waals surface area contributed by atoms with Crippen LogP contribution in [0.4, 0.5) is 0 Å². The van der Waals surface area contributed by atoms with Gasteiger partial charge in [0.1, 0.15) is 5.75 Å². The number of hydrogen-bond acceptors (Lipinski definition) is 3. The first-order valence-electron chi connectivity index (χ1n) is 4.83. The molecule has 0 saturated heterocycles. The van der Waals surface area contributed by atoms with Gasteiger partial charge in [0.25, 0.3) is 0 Å². The number of benzene rings is 1. The van der Waals surface area contributed by atoms with Gasteiger partial charge in [-0.2, -0.15) is 0 Å². The second-order valence-electron chi connectivity index (χ2n) is 4.24. The van der Waals surface area contributed by atoms with E-state index in [1.807, 2.05) is 12.1 Å². The van der Waals surface area contributed by atoms with Crippen molar-refractivity contribution < 1.29 is 10.2 Å². The summed E-state index contributed by atoms with van der Waals surface area (Å²) in [7, 11) is 0. The standard InChI is InChI=1S/C11H15NO2/c12-9-6-11(14,7-9)5-8-1-3-10(13)4-2-8/h1-4,9,13-14H,5-7,12H2. The van der Waals surface area contributed by atoms with E-state index in [0.717, 1.165) is 5.56 Å². The zero-order valence-corrected chi connectivity index (χ0v) is 7.98. The van der Waals surface area contributed by atoms with Crippen molar-refractivity contribution in [2.24, 2.45) is 5.73 Å². The number of aliphatic hydroxyl groups is 1. The zero-order chi connectivity index (χ0) is 10.2. The highest BCUT2D eigenvalue weighted by molar-refractivity contribution is 5.27. The van der Waals surface area contributed by atoms with E-state index in [2.05, 4.69) is 0 Å². The number of rotatable bonds is 2. The maximum atomic E-state index is 9.96. The molecule has 1 aromatic carbocycles. The van der Waals surface area contributed by atoms with Gasteiger partial charge < -0.3 is 15.9 Å². The smallest absolute Gasteiger partial charge is 0.115 e. The summed E-state index contributed by atoms with van der Waals surface area (Å²) < 4.78 is 0. The first-order chi connectivity index (χ1) is 6.57. The number of aromatic hydroxyl groups is 1. The lowest BCUT2D eigenvalue weighted by molar-refractivity contribution is -0.0455. The van der Waals surface area contributed by atoms with Crippen LogP contribution in [0.25, 0.3) is 0 Å². The predicted octanol–water partition coefficient (Wildman–Crippen LogP) is 0.787. The number of hydrogen-bond donors (Lipinski definition) is 3. The normalized spacial score (nSPS) is 31.1. The van der Waals surface area contributed by atoms with Gasteiger partial charge in [0.2, 0.25) is 0 Å². The Morgan fingerprint density at radius 2 is 1.86 bits per heavy atom. The highest BCUT2D eigenvalue weighted by Crippen LogP contribution is 2.34. The topological polar surface area (TPSA) is 66.5 Å². The van der Waals surface area contributed by atoms with E-state index < -0.39 is 5.60 Å². The highest BCUT2D eigenvalue weighted by atomic mass is 16.3. The van der Waals surface area contributed by atoms with Crippen LogP contribution in [0, 0.1) is 0 Å². The molecule has 0 heterocycles. The molecule has 0 aromatic heterocycles. The van der Waals surface area contributed by atoms with Crippen molar-refractivity contribution in [1.82, 2.24) is 0 Å². The van der Waals surface area contributed by atoms with E-state index >= 15 is 0 Å². The lowest BCUT2D eigenvalue weighted by atomic mass is 9.73. The first-order valence-corrected chi connectivity index (χ1v) is 4.83. The molecular formula is C11H15NO2. The van der Waals surface area contributed by atoms with E-state index in [-0.39, 0.29) is 11.8 Å². The van der Waals surface area contributed by atoms with Crippen LogP contribution < -0.4 is 5.73 Å². The quantitative estimate of drug-likeness (QED) is 0.650. The van der Waals surface area contributed by atoms with Crippen LogP contribution in [-0.2, 0) is 6.42 Å². The second kappa shape index (κ2) is 3.26. The Labute approximate surface area is 83.2 Å². The van der Waals surface area contributed by atoms with Crippen molar-refractivity contribution in [2.75, 3.05) is 0 Å². The van der Waals surface area contributed by atoms with E-state index in [4.69, 9.17) is 10.8 Å². The van der Waals surface area contributed by atoms with Crippen LogP contribution in [0.3, 0.4) is 0 Å². The van der Waals surface area contributed by atoms with Gasteiger partial charge in [-0.3, -0.25) is 0 Å². The first kappa shape index (κ1) is 9.49. The third-order valence-corrected chi connectivity index (χ3v) is 2.75. The summed E-state index contributed by atoms with van der Waals surface area (Å²) in [6.45, 7) is 0. The summed E-state index contributed by atoms with van der Waals surface area (Å²) in [5.41, 5.74) is 6.06. The minimum Gasteiger partial charge on any atom is -0.508 e. The molecule has 0 bridgehead atoms. The molecule has 76 valence electrons. The Kier molecular flexibility index (Phi) is 2.21. The highest BCUT2D eigenvalue weighted by Gasteiger charge is 2.40. The van der Waals surface area contributed by atoms with Crippen LogP contribution in [0.2, 0.25) is 0 Å². The van der Waals surface area contributed by atoms with Gasteiger partial charge in [-0.05, 0) is 30.5 Å². The molecule has 1 saturated carbocycles. The predicted molar refractivity (Wildman–Crippen MR) is 54.0 cm³/mol. The van der Waals surface area contributed by atoms with Gasteiger partial charge in [0, 0.05) is 12.5 Å². The fraction of sp³-hybridized carbons (Fsp3) is 0.455. The van der Waals surface area contributed by atoms with Gasteiger partial charge in [-0.25, -0.2) is 0 Å². The minimum absolute atomic E-state index is 0.150. The third-order valence-electron chi connectivity index (χ3n) is 2.75. The maximum absolute atomic E-state index is 9.96. The zero-order valence-electron chi connectivity index (χ0n) is 7.98. The number of phenols is 1. The molecule has 1 aliphatic carbocycles. The molecule has 2 rings (SSSR count). The fourth-order valence-electron chi connectivity index (χ4n) is 2.05. The van der Waals surface area contributed by atoms with Gasteiger partial charge in [0.05, 0.1) is 5.60 Å². The molecule has 0 spiro atoms. The van der Waals surface area contributed by atoms with Crippen molar-refractivity contribution in [1.29, 1.82) is 0 Å². The number of phenolic OH excluding ortho intramolecular Hbond substituents is 1. The molecule has 0 amide bonds. The van der Waals surface area contributed by atoms with E-state index in [1.165, 1.54) is 0 Å². The summed E-state index contributed by atoms with van der Waals surface area (Å²) >= 11 is 0. The lowest BCUT2D eigenvalue weighted by Crippen LogP contribution is -2.52. The molecule has 3 nitrogen and oxygen atoms in total. The van der Waals surface area contributed by atoms with Crippen LogP contribution in [0.15, 0.2) is 24.3 Å².